The van der Waals surface area contributed by atoms with Crippen molar-refractivity contribution >= 4 is 11.9 Å². The van der Waals surface area contributed by atoms with Crippen molar-refractivity contribution in [2.24, 2.45) is 0 Å². The van der Waals surface area contributed by atoms with Crippen molar-refractivity contribution in [1.82, 2.24) is 5.32 Å². The lowest BCUT2D eigenvalue weighted by molar-refractivity contribution is -0.151. The molecule has 3 N–H and O–H groups in total. The minimum atomic E-state index is -0.797. The summed E-state index contributed by atoms with van der Waals surface area (Å²) >= 11 is 0. The number of aliphatic hydroxyl groups excluding tert-OH is 2. The minimum absolute atomic E-state index is 0.0567. The SMILES string of the molecule is CC/C=C\C/C=C\C/C=C\C/C=C\C/C=C\CCCC(=O)OC(CCCCCCCCCCCCCCCCCCC)CC(=O)NC(CO)C(O)CCCCCCCCCCCCCC. The van der Waals surface area contributed by atoms with Gasteiger partial charge in [0.2, 0.25) is 5.91 Å². The normalized spacial score (nSPS) is 13.6. The number of carbonyl (C=O) groups excluding carboxylic acids is 2. The maximum absolute atomic E-state index is 13.2. The van der Waals surface area contributed by atoms with Gasteiger partial charge in [-0.05, 0) is 64.2 Å². The van der Waals surface area contributed by atoms with Gasteiger partial charge in [0.15, 0.2) is 0 Å². The Kier molecular flexibility index (Phi) is 50.6. The number of hydrogen-bond donors (Lipinski definition) is 3. The van der Waals surface area contributed by atoms with Gasteiger partial charge in [0, 0.05) is 6.42 Å². The van der Waals surface area contributed by atoms with Crippen molar-refractivity contribution in [3.05, 3.63) is 60.8 Å². The zero-order valence-corrected chi connectivity index (χ0v) is 43.1. The van der Waals surface area contributed by atoms with E-state index in [4.69, 9.17) is 4.74 Å². The minimum Gasteiger partial charge on any atom is -0.462 e. The Hall–Kier alpha value is -2.44. The topological polar surface area (TPSA) is 95.9 Å². The van der Waals surface area contributed by atoms with Gasteiger partial charge in [-0.2, -0.15) is 0 Å². The Morgan fingerprint density at radius 2 is 0.815 bits per heavy atom. The van der Waals surface area contributed by atoms with Crippen LogP contribution in [0.5, 0.6) is 0 Å². The highest BCUT2D eigenvalue weighted by atomic mass is 16.5. The summed E-state index contributed by atoms with van der Waals surface area (Å²) in [6.07, 6.45) is 65.7. The first-order valence-electron chi connectivity index (χ1n) is 28.0. The molecule has 3 atom stereocenters. The quantitative estimate of drug-likeness (QED) is 0.0321. The Labute approximate surface area is 403 Å². The van der Waals surface area contributed by atoms with Crippen LogP contribution >= 0.6 is 0 Å². The largest absolute Gasteiger partial charge is 0.462 e. The van der Waals surface area contributed by atoms with E-state index in [0.29, 0.717) is 25.7 Å². The Morgan fingerprint density at radius 1 is 0.462 bits per heavy atom. The summed E-state index contributed by atoms with van der Waals surface area (Å²) in [5.74, 6) is -0.533. The molecular formula is C59H107NO5. The Balaban J connectivity index is 4.64. The molecule has 0 saturated heterocycles. The van der Waals surface area contributed by atoms with Gasteiger partial charge in [0.05, 0.1) is 25.2 Å². The van der Waals surface area contributed by atoms with Gasteiger partial charge in [0.25, 0.3) is 0 Å². The van der Waals surface area contributed by atoms with Gasteiger partial charge >= 0.3 is 5.97 Å². The third-order valence-corrected chi connectivity index (χ3v) is 12.6. The molecule has 0 aromatic carbocycles. The van der Waals surface area contributed by atoms with Crippen molar-refractivity contribution in [2.75, 3.05) is 6.61 Å². The molecule has 0 aliphatic rings. The second-order valence-corrected chi connectivity index (χ2v) is 19.0. The number of carbonyl (C=O) groups is 2. The molecule has 0 aliphatic heterocycles. The number of amides is 1. The summed E-state index contributed by atoms with van der Waals surface area (Å²) in [6, 6.07) is -0.713. The highest BCUT2D eigenvalue weighted by molar-refractivity contribution is 5.77. The number of ether oxygens (including phenoxy) is 1. The van der Waals surface area contributed by atoms with Gasteiger partial charge in [-0.3, -0.25) is 9.59 Å². The first kappa shape index (κ1) is 62.6. The third-order valence-electron chi connectivity index (χ3n) is 12.6. The number of rotatable bonds is 50. The maximum atomic E-state index is 13.2. The Morgan fingerprint density at radius 3 is 1.20 bits per heavy atom. The van der Waals surface area contributed by atoms with Gasteiger partial charge < -0.3 is 20.3 Å². The molecule has 0 spiro atoms. The van der Waals surface area contributed by atoms with Crippen molar-refractivity contribution < 1.29 is 24.5 Å². The molecular weight excluding hydrogens is 803 g/mol. The average molecular weight is 911 g/mol. The molecule has 0 aliphatic carbocycles. The zero-order chi connectivity index (χ0) is 47.4. The van der Waals surface area contributed by atoms with E-state index in [0.717, 1.165) is 77.0 Å². The first-order valence-corrected chi connectivity index (χ1v) is 28.0. The standard InChI is InChI=1S/C59H107NO5/c1-4-7-10-13-16-19-22-25-27-29-31-33-35-38-41-44-47-50-55(65-59(64)52-49-46-43-40-37-34-32-30-28-26-23-20-17-14-11-8-5-2)53-58(63)60-56(54-61)57(62)51-48-45-42-39-36-24-21-18-15-12-9-6-3/h8,11,17,20,26,28,32,34,40,43,55-57,61-62H,4-7,9-10,12-16,18-19,21-25,27,29-31,33,35-39,41-42,44-54H2,1-3H3,(H,60,63)/b11-8-,20-17-,28-26-,34-32-,43-40-. The van der Waals surface area contributed by atoms with Gasteiger partial charge in [-0.15, -0.1) is 0 Å². The molecule has 0 fully saturated rings. The second-order valence-electron chi connectivity index (χ2n) is 19.0. The van der Waals surface area contributed by atoms with E-state index in [1.54, 1.807) is 0 Å². The van der Waals surface area contributed by atoms with Crippen molar-refractivity contribution in [3.63, 3.8) is 0 Å². The molecule has 0 heterocycles. The zero-order valence-electron chi connectivity index (χ0n) is 43.1. The summed E-state index contributed by atoms with van der Waals surface area (Å²) in [5.41, 5.74) is 0. The maximum Gasteiger partial charge on any atom is 0.306 e. The summed E-state index contributed by atoms with van der Waals surface area (Å²) in [7, 11) is 0. The smallest absolute Gasteiger partial charge is 0.306 e. The fourth-order valence-corrected chi connectivity index (χ4v) is 8.41. The van der Waals surface area contributed by atoms with Gasteiger partial charge in [-0.25, -0.2) is 0 Å². The lowest BCUT2D eigenvalue weighted by Crippen LogP contribution is -2.46. The van der Waals surface area contributed by atoms with E-state index in [2.05, 4.69) is 86.8 Å². The van der Waals surface area contributed by atoms with Crippen LogP contribution in [-0.2, 0) is 14.3 Å². The molecule has 0 aromatic heterocycles. The van der Waals surface area contributed by atoms with Crippen LogP contribution in [0.25, 0.3) is 0 Å². The molecule has 1 amide bonds. The summed E-state index contributed by atoms with van der Waals surface area (Å²) in [5, 5.41) is 23.8. The van der Waals surface area contributed by atoms with E-state index >= 15 is 0 Å². The monoisotopic (exact) mass is 910 g/mol. The number of hydrogen-bond acceptors (Lipinski definition) is 5. The molecule has 3 unspecified atom stereocenters. The van der Waals surface area contributed by atoms with Crippen LogP contribution < -0.4 is 5.32 Å². The first-order chi connectivity index (χ1) is 32.0. The average Bonchev–Trinajstić information content (AvgIpc) is 3.30. The van der Waals surface area contributed by atoms with E-state index in [1.165, 1.54) is 148 Å². The number of unbranched alkanes of at least 4 members (excludes halogenated alkanes) is 28. The highest BCUT2D eigenvalue weighted by Crippen LogP contribution is 2.18. The van der Waals surface area contributed by atoms with Gasteiger partial charge in [-0.1, -0.05) is 261 Å². The molecule has 0 saturated carbocycles. The lowest BCUT2D eigenvalue weighted by Gasteiger charge is -2.24. The van der Waals surface area contributed by atoms with Crippen LogP contribution in [0, 0.1) is 0 Å². The second kappa shape index (κ2) is 52.5. The van der Waals surface area contributed by atoms with Crippen LogP contribution in [0.2, 0.25) is 0 Å². The molecule has 6 heteroatoms. The number of aliphatic hydroxyl groups is 2. The molecule has 65 heavy (non-hydrogen) atoms. The van der Waals surface area contributed by atoms with Crippen LogP contribution in [0.1, 0.15) is 278 Å². The number of nitrogens with one attached hydrogen (secondary N) is 1. The fourth-order valence-electron chi connectivity index (χ4n) is 8.41. The summed E-state index contributed by atoms with van der Waals surface area (Å²) < 4.78 is 5.93. The molecule has 0 radical (unpaired) electrons. The Bertz CT molecular complexity index is 1160. The lowest BCUT2D eigenvalue weighted by atomic mass is 10.0. The molecule has 0 bridgehead atoms. The highest BCUT2D eigenvalue weighted by Gasteiger charge is 2.24. The third kappa shape index (κ3) is 47.8. The van der Waals surface area contributed by atoms with Crippen molar-refractivity contribution in [2.45, 2.75) is 296 Å². The molecule has 378 valence electrons. The van der Waals surface area contributed by atoms with Crippen LogP contribution in [-0.4, -0.2) is 46.9 Å². The van der Waals surface area contributed by atoms with Crippen molar-refractivity contribution in [3.8, 4) is 0 Å². The van der Waals surface area contributed by atoms with Gasteiger partial charge in [0.1, 0.15) is 6.10 Å². The predicted molar refractivity (Wildman–Crippen MR) is 282 cm³/mol. The van der Waals surface area contributed by atoms with Crippen LogP contribution in [0.4, 0.5) is 0 Å². The van der Waals surface area contributed by atoms with Crippen molar-refractivity contribution in [1.29, 1.82) is 0 Å². The van der Waals surface area contributed by atoms with Crippen LogP contribution in [0.3, 0.4) is 0 Å². The molecule has 0 rings (SSSR count). The van der Waals surface area contributed by atoms with E-state index < -0.39 is 18.2 Å². The number of esters is 1. The molecule has 6 nitrogen and oxygen atoms in total. The van der Waals surface area contributed by atoms with E-state index in [-0.39, 0.29) is 24.9 Å². The summed E-state index contributed by atoms with van der Waals surface area (Å²) in [6.45, 7) is 6.38. The van der Waals surface area contributed by atoms with Crippen LogP contribution in [0.15, 0.2) is 60.8 Å². The fraction of sp³-hybridized carbons (Fsp3) is 0.797. The summed E-state index contributed by atoms with van der Waals surface area (Å²) in [4.78, 5) is 26.2. The van der Waals surface area contributed by atoms with E-state index in [9.17, 15) is 19.8 Å². The molecule has 0 aromatic rings. The predicted octanol–water partition coefficient (Wildman–Crippen LogP) is 17.2. The number of allylic oxidation sites excluding steroid dienone is 10. The van der Waals surface area contributed by atoms with E-state index in [1.807, 2.05) is 0 Å².